The highest BCUT2D eigenvalue weighted by Crippen LogP contribution is 2.49. The van der Waals surface area contributed by atoms with Crippen LogP contribution in [0.25, 0.3) is 0 Å². The Morgan fingerprint density at radius 2 is 1.90 bits per heavy atom. The molecule has 4 heterocycles. The van der Waals surface area contributed by atoms with E-state index in [0.29, 0.717) is 35.7 Å². The summed E-state index contributed by atoms with van der Waals surface area (Å²) in [5.74, 6) is 1.19. The first kappa shape index (κ1) is 25.6. The van der Waals surface area contributed by atoms with Gasteiger partial charge < -0.3 is 14.7 Å². The van der Waals surface area contributed by atoms with Crippen LogP contribution in [0.15, 0.2) is 54.2 Å². The van der Waals surface area contributed by atoms with E-state index in [1.54, 1.807) is 12.3 Å². The second-order valence-electron chi connectivity index (χ2n) is 11.0. The number of benzene rings is 2. The van der Waals surface area contributed by atoms with Crippen LogP contribution in [0.4, 0.5) is 21.6 Å². The van der Waals surface area contributed by atoms with Gasteiger partial charge in [0.2, 0.25) is 0 Å². The van der Waals surface area contributed by atoms with E-state index in [1.165, 1.54) is 29.0 Å². The van der Waals surface area contributed by atoms with Gasteiger partial charge in [-0.2, -0.15) is 5.01 Å². The molecular formula is C29H33FN6O3. The molecule has 6 rings (SSSR count). The number of halogens is 1. The summed E-state index contributed by atoms with van der Waals surface area (Å²) in [4.78, 5) is 24.3. The van der Waals surface area contributed by atoms with Crippen molar-refractivity contribution in [2.45, 2.75) is 51.7 Å². The molecule has 9 nitrogen and oxygen atoms in total. The molecule has 3 aliphatic rings. The van der Waals surface area contributed by atoms with Crippen molar-refractivity contribution < 1.29 is 14.2 Å². The van der Waals surface area contributed by atoms with Crippen molar-refractivity contribution in [3.05, 3.63) is 70.8 Å². The molecule has 3 aliphatic heterocycles. The zero-order chi connectivity index (χ0) is 27.2. The molecule has 10 heteroatoms. The molecule has 2 aromatic carbocycles. The van der Waals surface area contributed by atoms with Crippen molar-refractivity contribution in [3.63, 3.8) is 0 Å². The Morgan fingerprint density at radius 1 is 1.08 bits per heavy atom. The standard InChI is InChI=1S/C29H33FN6O3/c1-3-29(37,4-2)22-14-21(30)6-8-25(22)39-26-15-31-19-32-27(26)35-12-10-28(18-35)9-11-34(17-28)16-20-5-7-23-24(13-20)36(23)33-38/h5-8,13-15,19,37H,3-4,9-12,16-18H2,1-2H3. The number of nitrogens with zero attached hydrogens (tertiary/aromatic N) is 6. The molecule has 0 aliphatic carbocycles. The smallest absolute Gasteiger partial charge is 0.188 e. The molecule has 0 radical (unpaired) electrons. The summed E-state index contributed by atoms with van der Waals surface area (Å²) in [6, 6.07) is 10.3. The molecule has 0 bridgehead atoms. The third-order valence-electron chi connectivity index (χ3n) is 8.68. The lowest BCUT2D eigenvalue weighted by atomic mass is 9.86. The SMILES string of the molecule is CCC(O)(CC)c1cc(F)ccc1Oc1cncnc1N1CCC2(CCN(Cc3ccc4c(c3)N4N=O)C2)C1. The average Bonchev–Trinajstić information content (AvgIpc) is 3.27. The molecule has 1 atom stereocenters. The van der Waals surface area contributed by atoms with Gasteiger partial charge in [-0.15, -0.1) is 4.91 Å². The van der Waals surface area contributed by atoms with Gasteiger partial charge in [-0.25, -0.2) is 14.4 Å². The van der Waals surface area contributed by atoms with Crippen LogP contribution in [0.5, 0.6) is 11.5 Å². The number of anilines is 3. The van der Waals surface area contributed by atoms with E-state index in [1.807, 2.05) is 19.9 Å². The summed E-state index contributed by atoms with van der Waals surface area (Å²) in [7, 11) is 0. The second kappa shape index (κ2) is 9.84. The van der Waals surface area contributed by atoms with Crippen LogP contribution in [0.2, 0.25) is 0 Å². The Hall–Kier alpha value is -3.63. The number of fused-ring (bicyclic) bond motifs is 1. The third-order valence-corrected chi connectivity index (χ3v) is 8.68. The summed E-state index contributed by atoms with van der Waals surface area (Å²) < 4.78 is 20.5. The molecule has 1 unspecified atom stereocenters. The van der Waals surface area contributed by atoms with Gasteiger partial charge in [-0.3, -0.25) is 4.90 Å². The van der Waals surface area contributed by atoms with Gasteiger partial charge in [0.1, 0.15) is 17.9 Å². The minimum absolute atomic E-state index is 0.160. The van der Waals surface area contributed by atoms with Crippen molar-refractivity contribution >= 4 is 17.2 Å². The second-order valence-corrected chi connectivity index (χ2v) is 11.0. The van der Waals surface area contributed by atoms with Crippen molar-refractivity contribution in [2.24, 2.45) is 10.7 Å². The zero-order valence-corrected chi connectivity index (χ0v) is 22.3. The molecule has 1 N–H and O–H groups in total. The van der Waals surface area contributed by atoms with Crippen LogP contribution in [-0.4, -0.2) is 46.2 Å². The van der Waals surface area contributed by atoms with E-state index in [0.717, 1.165) is 56.9 Å². The van der Waals surface area contributed by atoms with Crippen molar-refractivity contribution in [1.29, 1.82) is 0 Å². The molecule has 39 heavy (non-hydrogen) atoms. The number of rotatable bonds is 9. The van der Waals surface area contributed by atoms with E-state index in [9.17, 15) is 14.4 Å². The highest BCUT2D eigenvalue weighted by atomic mass is 19.1. The highest BCUT2D eigenvalue weighted by Gasteiger charge is 2.44. The summed E-state index contributed by atoms with van der Waals surface area (Å²) in [6.07, 6.45) is 6.18. The van der Waals surface area contributed by atoms with Gasteiger partial charge in [0, 0.05) is 37.2 Å². The molecule has 0 amide bonds. The zero-order valence-electron chi connectivity index (χ0n) is 22.3. The van der Waals surface area contributed by atoms with Gasteiger partial charge in [0.15, 0.2) is 11.6 Å². The van der Waals surface area contributed by atoms with Crippen LogP contribution in [-0.2, 0) is 12.1 Å². The Morgan fingerprint density at radius 3 is 2.69 bits per heavy atom. The summed E-state index contributed by atoms with van der Waals surface area (Å²) in [6.45, 7) is 8.30. The van der Waals surface area contributed by atoms with Gasteiger partial charge in [0.05, 0.1) is 28.5 Å². The molecule has 1 spiro atoms. The predicted octanol–water partition coefficient (Wildman–Crippen LogP) is 5.65. The lowest BCUT2D eigenvalue weighted by molar-refractivity contribution is 0.0262. The maximum atomic E-state index is 14.2. The Kier molecular flexibility index (Phi) is 6.47. The molecule has 0 saturated carbocycles. The van der Waals surface area contributed by atoms with E-state index >= 15 is 0 Å². The number of nitroso groups, excluding NO2 is 1. The largest absolute Gasteiger partial charge is 0.451 e. The summed E-state index contributed by atoms with van der Waals surface area (Å²) in [5, 5.41) is 15.6. The highest BCUT2D eigenvalue weighted by molar-refractivity contribution is 5.92. The molecule has 2 fully saturated rings. The van der Waals surface area contributed by atoms with Crippen LogP contribution in [0.1, 0.15) is 50.7 Å². The number of aliphatic hydroxyl groups is 1. The van der Waals surface area contributed by atoms with E-state index in [2.05, 4.69) is 37.2 Å². The van der Waals surface area contributed by atoms with Crippen LogP contribution >= 0.6 is 0 Å². The molecule has 1 aromatic heterocycles. The fourth-order valence-electron chi connectivity index (χ4n) is 6.26. The number of ether oxygens (including phenoxy) is 1. The van der Waals surface area contributed by atoms with Gasteiger partial charge >= 0.3 is 0 Å². The molecular weight excluding hydrogens is 499 g/mol. The van der Waals surface area contributed by atoms with Crippen molar-refractivity contribution in [3.8, 4) is 11.5 Å². The summed E-state index contributed by atoms with van der Waals surface area (Å²) >= 11 is 0. The van der Waals surface area contributed by atoms with E-state index in [4.69, 9.17) is 4.74 Å². The molecule has 3 aromatic rings. The minimum Gasteiger partial charge on any atom is -0.451 e. The van der Waals surface area contributed by atoms with Gasteiger partial charge in [-0.1, -0.05) is 19.9 Å². The molecule has 2 saturated heterocycles. The first-order valence-electron chi connectivity index (χ1n) is 13.6. The topological polar surface area (TPSA) is 94.2 Å². The van der Waals surface area contributed by atoms with E-state index in [-0.39, 0.29) is 5.41 Å². The lowest BCUT2D eigenvalue weighted by Crippen LogP contribution is -2.31. The Labute approximate surface area is 227 Å². The maximum absolute atomic E-state index is 14.2. The predicted molar refractivity (Wildman–Crippen MR) is 147 cm³/mol. The first-order chi connectivity index (χ1) is 18.9. The number of aromatic nitrogens is 2. The lowest BCUT2D eigenvalue weighted by Gasteiger charge is -2.29. The number of hydrogen-bond donors (Lipinski definition) is 1. The van der Waals surface area contributed by atoms with Crippen molar-refractivity contribution in [1.82, 2.24) is 14.9 Å². The fourth-order valence-corrected chi connectivity index (χ4v) is 6.26. The van der Waals surface area contributed by atoms with Crippen LogP contribution in [0.3, 0.4) is 0 Å². The Balaban J connectivity index is 1.17. The average molecular weight is 533 g/mol. The molecule has 204 valence electrons. The Bertz CT molecular complexity index is 1400. The summed E-state index contributed by atoms with van der Waals surface area (Å²) in [5.41, 5.74) is 2.38. The van der Waals surface area contributed by atoms with Gasteiger partial charge in [0.25, 0.3) is 0 Å². The maximum Gasteiger partial charge on any atom is 0.188 e. The quantitative estimate of drug-likeness (QED) is 0.279. The normalized spacial score (nSPS) is 20.5. The number of hydrogen-bond acceptors (Lipinski definition) is 8. The van der Waals surface area contributed by atoms with Gasteiger partial charge in [-0.05, 0) is 68.1 Å². The third kappa shape index (κ3) is 4.72. The van der Waals surface area contributed by atoms with Crippen LogP contribution < -0.4 is 14.6 Å². The first-order valence-corrected chi connectivity index (χ1v) is 13.6. The monoisotopic (exact) mass is 532 g/mol. The van der Waals surface area contributed by atoms with Crippen molar-refractivity contribution in [2.75, 3.05) is 36.1 Å². The number of likely N-dealkylation sites (tertiary alicyclic amines) is 1. The van der Waals surface area contributed by atoms with E-state index < -0.39 is 11.4 Å². The fraction of sp³-hybridized carbons (Fsp3) is 0.448. The minimum atomic E-state index is -1.19. The van der Waals surface area contributed by atoms with Crippen LogP contribution in [0, 0.1) is 16.1 Å².